The summed E-state index contributed by atoms with van der Waals surface area (Å²) in [6, 6.07) is 3.13. The maximum Gasteiger partial charge on any atom is 0.422 e. The van der Waals surface area contributed by atoms with Crippen LogP contribution in [0.3, 0.4) is 0 Å². The SMILES string of the molecule is OCCC#Cc1cc(F)cc(OCC(F)(F)F)c1. The summed E-state index contributed by atoms with van der Waals surface area (Å²) in [5.74, 6) is 4.08. The zero-order valence-corrected chi connectivity index (χ0v) is 9.22. The van der Waals surface area contributed by atoms with Gasteiger partial charge < -0.3 is 9.84 Å². The fourth-order valence-corrected chi connectivity index (χ4v) is 1.10. The summed E-state index contributed by atoms with van der Waals surface area (Å²) in [4.78, 5) is 0. The molecular weight excluding hydrogens is 252 g/mol. The summed E-state index contributed by atoms with van der Waals surface area (Å²) >= 11 is 0. The van der Waals surface area contributed by atoms with Gasteiger partial charge in [0.25, 0.3) is 0 Å². The standard InChI is InChI=1S/C12H10F4O2/c13-10-5-9(3-1-2-4-17)6-11(7-10)18-8-12(14,15)16/h5-7,17H,2,4,8H2. The highest BCUT2D eigenvalue weighted by Gasteiger charge is 2.28. The zero-order valence-electron chi connectivity index (χ0n) is 9.22. The molecule has 1 aromatic carbocycles. The average molecular weight is 262 g/mol. The van der Waals surface area contributed by atoms with E-state index in [1.807, 2.05) is 0 Å². The number of rotatable bonds is 3. The molecule has 0 radical (unpaired) electrons. The van der Waals surface area contributed by atoms with Crippen LogP contribution in [0.25, 0.3) is 0 Å². The summed E-state index contributed by atoms with van der Waals surface area (Å²) in [5.41, 5.74) is 0.195. The summed E-state index contributed by atoms with van der Waals surface area (Å²) in [6.45, 7) is -1.63. The molecule has 0 saturated carbocycles. The predicted molar refractivity (Wildman–Crippen MR) is 56.5 cm³/mol. The second-order valence-corrected chi connectivity index (χ2v) is 3.35. The lowest BCUT2D eigenvalue weighted by molar-refractivity contribution is -0.153. The van der Waals surface area contributed by atoms with Crippen LogP contribution in [-0.4, -0.2) is 24.5 Å². The van der Waals surface area contributed by atoms with Crippen LogP contribution in [-0.2, 0) is 0 Å². The molecule has 0 unspecified atom stereocenters. The van der Waals surface area contributed by atoms with Gasteiger partial charge in [-0.1, -0.05) is 11.8 Å². The summed E-state index contributed by atoms with van der Waals surface area (Å²) in [7, 11) is 0. The fourth-order valence-electron chi connectivity index (χ4n) is 1.10. The number of hydrogen-bond acceptors (Lipinski definition) is 2. The van der Waals surface area contributed by atoms with Crippen molar-refractivity contribution in [3.63, 3.8) is 0 Å². The second kappa shape index (κ2) is 6.26. The quantitative estimate of drug-likeness (QED) is 0.670. The van der Waals surface area contributed by atoms with Gasteiger partial charge in [-0.05, 0) is 12.1 Å². The number of aliphatic hydroxyl groups is 1. The topological polar surface area (TPSA) is 29.5 Å². The molecule has 0 aliphatic heterocycles. The number of benzene rings is 1. The van der Waals surface area contributed by atoms with Crippen LogP contribution in [0.5, 0.6) is 5.75 Å². The van der Waals surface area contributed by atoms with Crippen molar-refractivity contribution >= 4 is 0 Å². The number of aliphatic hydroxyl groups excluding tert-OH is 1. The van der Waals surface area contributed by atoms with Gasteiger partial charge in [0.15, 0.2) is 6.61 Å². The second-order valence-electron chi connectivity index (χ2n) is 3.35. The van der Waals surface area contributed by atoms with Crippen molar-refractivity contribution in [3.8, 4) is 17.6 Å². The van der Waals surface area contributed by atoms with Crippen LogP contribution in [0.4, 0.5) is 17.6 Å². The minimum atomic E-state index is -4.48. The molecule has 0 saturated heterocycles. The molecule has 0 atom stereocenters. The van der Waals surface area contributed by atoms with Crippen LogP contribution in [0.15, 0.2) is 18.2 Å². The third-order valence-electron chi connectivity index (χ3n) is 1.74. The molecular formula is C12H10F4O2. The molecule has 0 aromatic heterocycles. The van der Waals surface area contributed by atoms with Gasteiger partial charge in [-0.15, -0.1) is 0 Å². The Morgan fingerprint density at radius 2 is 1.94 bits per heavy atom. The summed E-state index contributed by atoms with van der Waals surface area (Å²) in [5, 5.41) is 8.50. The van der Waals surface area contributed by atoms with Crippen LogP contribution in [0.1, 0.15) is 12.0 Å². The van der Waals surface area contributed by atoms with E-state index in [-0.39, 0.29) is 24.3 Å². The van der Waals surface area contributed by atoms with Crippen molar-refractivity contribution in [2.75, 3.05) is 13.2 Å². The fraction of sp³-hybridized carbons (Fsp3) is 0.333. The lowest BCUT2D eigenvalue weighted by Gasteiger charge is -2.09. The molecule has 0 fully saturated rings. The monoisotopic (exact) mass is 262 g/mol. The molecule has 0 heterocycles. The van der Waals surface area contributed by atoms with Gasteiger partial charge in [0, 0.05) is 18.1 Å². The van der Waals surface area contributed by atoms with Gasteiger partial charge >= 0.3 is 6.18 Å². The highest BCUT2D eigenvalue weighted by atomic mass is 19.4. The van der Waals surface area contributed by atoms with E-state index in [9.17, 15) is 17.6 Å². The molecule has 0 amide bonds. The van der Waals surface area contributed by atoms with Crippen molar-refractivity contribution < 1.29 is 27.4 Å². The number of ether oxygens (including phenoxy) is 1. The van der Waals surface area contributed by atoms with E-state index in [1.54, 1.807) is 0 Å². The minimum Gasteiger partial charge on any atom is -0.484 e. The van der Waals surface area contributed by atoms with Crippen molar-refractivity contribution in [1.29, 1.82) is 0 Å². The molecule has 1 aromatic rings. The number of halogens is 4. The third kappa shape index (κ3) is 5.55. The van der Waals surface area contributed by atoms with Gasteiger partial charge in [-0.2, -0.15) is 13.2 Å². The molecule has 18 heavy (non-hydrogen) atoms. The predicted octanol–water partition coefficient (Wildman–Crippen LogP) is 2.50. The summed E-state index contributed by atoms with van der Waals surface area (Å²) < 4.78 is 53.2. The van der Waals surface area contributed by atoms with Gasteiger partial charge in [-0.3, -0.25) is 0 Å². The lowest BCUT2D eigenvalue weighted by Crippen LogP contribution is -2.19. The van der Waals surface area contributed by atoms with E-state index in [2.05, 4.69) is 16.6 Å². The van der Waals surface area contributed by atoms with Crippen molar-refractivity contribution in [2.45, 2.75) is 12.6 Å². The highest BCUT2D eigenvalue weighted by Crippen LogP contribution is 2.20. The van der Waals surface area contributed by atoms with E-state index in [1.165, 1.54) is 6.07 Å². The van der Waals surface area contributed by atoms with Crippen LogP contribution >= 0.6 is 0 Å². The van der Waals surface area contributed by atoms with Crippen LogP contribution in [0.2, 0.25) is 0 Å². The summed E-state index contributed by atoms with van der Waals surface area (Å²) in [6.07, 6.45) is -4.27. The molecule has 0 bridgehead atoms. The first kappa shape index (κ1) is 14.3. The molecule has 0 aliphatic rings. The average Bonchev–Trinajstić information content (AvgIpc) is 2.25. The first-order valence-electron chi connectivity index (χ1n) is 5.00. The molecule has 1 N–H and O–H groups in total. The van der Waals surface area contributed by atoms with E-state index in [0.717, 1.165) is 12.1 Å². The highest BCUT2D eigenvalue weighted by molar-refractivity contribution is 5.40. The Kier molecular flexibility index (Phi) is 4.98. The smallest absolute Gasteiger partial charge is 0.422 e. The van der Waals surface area contributed by atoms with Crippen LogP contribution in [0, 0.1) is 17.7 Å². The van der Waals surface area contributed by atoms with E-state index in [0.29, 0.717) is 0 Å². The minimum absolute atomic E-state index is 0.139. The van der Waals surface area contributed by atoms with Crippen LogP contribution < -0.4 is 4.74 Å². The number of alkyl halides is 3. The van der Waals surface area contributed by atoms with Gasteiger partial charge in [0.2, 0.25) is 0 Å². The Bertz CT molecular complexity index is 457. The van der Waals surface area contributed by atoms with E-state index in [4.69, 9.17) is 5.11 Å². The number of hydrogen-bond donors (Lipinski definition) is 1. The van der Waals surface area contributed by atoms with Crippen molar-refractivity contribution in [2.24, 2.45) is 0 Å². The van der Waals surface area contributed by atoms with Gasteiger partial charge in [0.1, 0.15) is 11.6 Å². The Morgan fingerprint density at radius 3 is 2.56 bits per heavy atom. The molecule has 1 rings (SSSR count). The molecule has 0 spiro atoms. The molecule has 6 heteroatoms. The first-order chi connectivity index (χ1) is 8.40. The molecule has 2 nitrogen and oxygen atoms in total. The van der Waals surface area contributed by atoms with Gasteiger partial charge in [0.05, 0.1) is 6.61 Å². The maximum atomic E-state index is 13.1. The van der Waals surface area contributed by atoms with E-state index < -0.39 is 18.6 Å². The maximum absolute atomic E-state index is 13.1. The zero-order chi connectivity index (χ0) is 13.6. The molecule has 98 valence electrons. The van der Waals surface area contributed by atoms with E-state index >= 15 is 0 Å². The molecule has 0 aliphatic carbocycles. The normalized spacial score (nSPS) is 10.7. The Morgan fingerprint density at radius 1 is 1.22 bits per heavy atom. The Balaban J connectivity index is 2.79. The first-order valence-corrected chi connectivity index (χ1v) is 5.00. The lowest BCUT2D eigenvalue weighted by atomic mass is 10.2. The van der Waals surface area contributed by atoms with Crippen molar-refractivity contribution in [3.05, 3.63) is 29.6 Å². The van der Waals surface area contributed by atoms with Gasteiger partial charge in [-0.25, -0.2) is 4.39 Å². The largest absolute Gasteiger partial charge is 0.484 e. The third-order valence-corrected chi connectivity index (χ3v) is 1.74. The van der Waals surface area contributed by atoms with Crippen molar-refractivity contribution in [1.82, 2.24) is 0 Å². The Hall–Kier alpha value is -1.74. The Labute approximate surface area is 101 Å².